The highest BCUT2D eigenvalue weighted by Gasteiger charge is 2.34. The Morgan fingerprint density at radius 1 is 1.11 bits per heavy atom. The maximum atomic E-state index is 13.7. The average molecular weight is 385 g/mol. The van der Waals surface area contributed by atoms with Crippen molar-refractivity contribution in [1.82, 2.24) is 0 Å². The van der Waals surface area contributed by atoms with Gasteiger partial charge in [-0.2, -0.15) is 0 Å². The summed E-state index contributed by atoms with van der Waals surface area (Å²) in [6.45, 7) is 0. The topological polar surface area (TPSA) is 66.4 Å². The number of thiophene rings is 1. The van der Waals surface area contributed by atoms with Crippen LogP contribution in [0.4, 0.5) is 14.5 Å². The molecule has 1 atom stereocenters. The number of fused-ring (bicyclic) bond motifs is 1. The Labute approximate surface area is 157 Å². The number of halogens is 2. The molecule has 136 valence electrons. The molecule has 4 rings (SSSR count). The van der Waals surface area contributed by atoms with Crippen LogP contribution < -0.4 is 5.32 Å². The van der Waals surface area contributed by atoms with Gasteiger partial charge in [0, 0.05) is 22.8 Å². The molecule has 1 aliphatic heterocycles. The van der Waals surface area contributed by atoms with Gasteiger partial charge in [0.25, 0.3) is 0 Å². The number of anilines is 1. The maximum absolute atomic E-state index is 13.7. The molecular formula is C20H13F2NO3S. The molecule has 1 aliphatic rings. The molecule has 2 heterocycles. The van der Waals surface area contributed by atoms with Crippen LogP contribution in [0.15, 0.2) is 48.5 Å². The Morgan fingerprint density at radius 2 is 1.85 bits per heavy atom. The lowest BCUT2D eigenvalue weighted by atomic mass is 9.88. The lowest BCUT2D eigenvalue weighted by Gasteiger charge is -2.24. The number of carboxylic acids is 1. The van der Waals surface area contributed by atoms with E-state index in [2.05, 4.69) is 5.32 Å². The van der Waals surface area contributed by atoms with Crippen LogP contribution in [0.5, 0.6) is 0 Å². The lowest BCUT2D eigenvalue weighted by molar-refractivity contribution is -0.116. The van der Waals surface area contributed by atoms with Crippen molar-refractivity contribution in [3.05, 3.63) is 75.5 Å². The summed E-state index contributed by atoms with van der Waals surface area (Å²) in [5.41, 5.74) is 1.84. The zero-order chi connectivity index (χ0) is 19.1. The molecule has 0 spiro atoms. The Hall–Kier alpha value is -3.06. The van der Waals surface area contributed by atoms with E-state index < -0.39 is 23.5 Å². The third-order valence-corrected chi connectivity index (χ3v) is 5.78. The molecule has 1 aromatic heterocycles. The monoisotopic (exact) mass is 385 g/mol. The highest BCUT2D eigenvalue weighted by molar-refractivity contribution is 7.15. The first-order valence-corrected chi connectivity index (χ1v) is 8.97. The van der Waals surface area contributed by atoms with Crippen molar-refractivity contribution in [2.45, 2.75) is 12.3 Å². The summed E-state index contributed by atoms with van der Waals surface area (Å²) < 4.78 is 27.0. The molecular weight excluding hydrogens is 372 g/mol. The molecule has 0 radical (unpaired) electrons. The summed E-state index contributed by atoms with van der Waals surface area (Å²) in [6, 6.07) is 11.4. The van der Waals surface area contributed by atoms with E-state index in [9.17, 15) is 23.5 Å². The van der Waals surface area contributed by atoms with E-state index in [1.54, 1.807) is 12.1 Å². The van der Waals surface area contributed by atoms with Crippen molar-refractivity contribution in [2.24, 2.45) is 0 Å². The summed E-state index contributed by atoms with van der Waals surface area (Å²) in [6.07, 6.45) is 0.0961. The van der Waals surface area contributed by atoms with Crippen molar-refractivity contribution < 1.29 is 23.5 Å². The largest absolute Gasteiger partial charge is 0.477 e. The highest BCUT2D eigenvalue weighted by atomic mass is 32.1. The van der Waals surface area contributed by atoms with Crippen LogP contribution in [-0.4, -0.2) is 17.0 Å². The Morgan fingerprint density at radius 3 is 2.52 bits per heavy atom. The number of hydrogen-bond donors (Lipinski definition) is 2. The number of hydrogen-bond acceptors (Lipinski definition) is 3. The second-order valence-electron chi connectivity index (χ2n) is 6.22. The predicted octanol–water partition coefficient (Wildman–Crippen LogP) is 4.87. The number of carboxylic acid groups (broad SMARTS) is 1. The normalized spacial score (nSPS) is 15.9. The van der Waals surface area contributed by atoms with E-state index in [4.69, 9.17) is 0 Å². The van der Waals surface area contributed by atoms with Gasteiger partial charge in [0.2, 0.25) is 5.91 Å². The summed E-state index contributed by atoms with van der Waals surface area (Å²) in [5.74, 6) is -2.73. The summed E-state index contributed by atoms with van der Waals surface area (Å²) in [5, 5.41) is 12.4. The SMILES string of the molecule is O=C1C[C@H](c2cccc(F)c2)c2sc(C(=O)O)c(-c3ccc(F)cc3)c2N1. The minimum absolute atomic E-state index is 0.0511. The zero-order valence-electron chi connectivity index (χ0n) is 13.8. The van der Waals surface area contributed by atoms with Crippen LogP contribution in [0.3, 0.4) is 0 Å². The molecule has 27 heavy (non-hydrogen) atoms. The number of nitrogens with one attached hydrogen (secondary N) is 1. The molecule has 0 bridgehead atoms. The summed E-state index contributed by atoms with van der Waals surface area (Å²) in [4.78, 5) is 24.8. The molecule has 4 nitrogen and oxygen atoms in total. The van der Waals surface area contributed by atoms with E-state index in [0.29, 0.717) is 27.3 Å². The number of benzene rings is 2. The number of amides is 1. The fourth-order valence-corrected chi connectivity index (χ4v) is 4.57. The minimum Gasteiger partial charge on any atom is -0.477 e. The number of carbonyl (C=O) groups is 2. The molecule has 7 heteroatoms. The van der Waals surface area contributed by atoms with E-state index in [1.165, 1.54) is 36.4 Å². The lowest BCUT2D eigenvalue weighted by Crippen LogP contribution is -2.22. The first-order chi connectivity index (χ1) is 12.9. The van der Waals surface area contributed by atoms with E-state index in [1.807, 2.05) is 0 Å². The Balaban J connectivity index is 1.94. The predicted molar refractivity (Wildman–Crippen MR) is 98.2 cm³/mol. The first-order valence-electron chi connectivity index (χ1n) is 8.15. The average Bonchev–Trinajstić information content (AvgIpc) is 3.01. The Kier molecular flexibility index (Phi) is 4.24. The third kappa shape index (κ3) is 3.10. The standard InChI is InChI=1S/C20H13F2NO3S/c21-12-6-4-10(5-7-12)16-17-18(27-19(16)20(25)26)14(9-15(24)23-17)11-2-1-3-13(22)8-11/h1-8,14H,9H2,(H,23,24)(H,25,26)/t14-/m1/s1. The highest BCUT2D eigenvalue weighted by Crippen LogP contribution is 2.49. The molecule has 1 amide bonds. The second-order valence-corrected chi connectivity index (χ2v) is 7.27. The summed E-state index contributed by atoms with van der Waals surface area (Å²) in [7, 11) is 0. The fraction of sp³-hybridized carbons (Fsp3) is 0.100. The maximum Gasteiger partial charge on any atom is 0.346 e. The number of carbonyl (C=O) groups excluding carboxylic acids is 1. The molecule has 3 aromatic rings. The van der Waals surface area contributed by atoms with Crippen LogP contribution in [0.25, 0.3) is 11.1 Å². The van der Waals surface area contributed by atoms with Crippen molar-refractivity contribution in [3.63, 3.8) is 0 Å². The van der Waals surface area contributed by atoms with Gasteiger partial charge < -0.3 is 10.4 Å². The quantitative estimate of drug-likeness (QED) is 0.676. The van der Waals surface area contributed by atoms with Gasteiger partial charge in [-0.05, 0) is 35.4 Å². The van der Waals surface area contributed by atoms with E-state index in [0.717, 1.165) is 11.3 Å². The van der Waals surface area contributed by atoms with Gasteiger partial charge in [0.05, 0.1) is 5.69 Å². The molecule has 2 aromatic carbocycles. The van der Waals surface area contributed by atoms with Gasteiger partial charge in [0.15, 0.2) is 0 Å². The summed E-state index contributed by atoms with van der Waals surface area (Å²) >= 11 is 1.05. The van der Waals surface area contributed by atoms with Crippen molar-refractivity contribution in [3.8, 4) is 11.1 Å². The van der Waals surface area contributed by atoms with Crippen molar-refractivity contribution >= 4 is 28.9 Å². The van der Waals surface area contributed by atoms with Gasteiger partial charge >= 0.3 is 5.97 Å². The fourth-order valence-electron chi connectivity index (χ4n) is 3.32. The van der Waals surface area contributed by atoms with Crippen LogP contribution in [0.1, 0.15) is 32.5 Å². The smallest absolute Gasteiger partial charge is 0.346 e. The number of rotatable bonds is 3. The van der Waals surface area contributed by atoms with Crippen LogP contribution in [0.2, 0.25) is 0 Å². The molecule has 0 saturated heterocycles. The van der Waals surface area contributed by atoms with Crippen LogP contribution in [0, 0.1) is 11.6 Å². The van der Waals surface area contributed by atoms with Gasteiger partial charge in [-0.25, -0.2) is 13.6 Å². The molecule has 0 unspecified atom stereocenters. The van der Waals surface area contributed by atoms with Crippen molar-refractivity contribution in [2.75, 3.05) is 5.32 Å². The Bertz CT molecular complexity index is 1060. The van der Waals surface area contributed by atoms with Crippen LogP contribution >= 0.6 is 11.3 Å². The molecule has 0 aliphatic carbocycles. The molecule has 2 N–H and O–H groups in total. The van der Waals surface area contributed by atoms with E-state index in [-0.39, 0.29) is 17.2 Å². The van der Waals surface area contributed by atoms with Gasteiger partial charge in [-0.1, -0.05) is 24.3 Å². The van der Waals surface area contributed by atoms with Gasteiger partial charge in [0.1, 0.15) is 16.5 Å². The number of aromatic carboxylic acids is 1. The van der Waals surface area contributed by atoms with Gasteiger partial charge in [-0.3, -0.25) is 4.79 Å². The molecule has 0 saturated carbocycles. The third-order valence-electron chi connectivity index (χ3n) is 4.48. The first kappa shape index (κ1) is 17.4. The molecule has 0 fully saturated rings. The van der Waals surface area contributed by atoms with Crippen molar-refractivity contribution in [1.29, 1.82) is 0 Å². The van der Waals surface area contributed by atoms with Crippen LogP contribution in [-0.2, 0) is 4.79 Å². The minimum atomic E-state index is -1.14. The van der Waals surface area contributed by atoms with Gasteiger partial charge in [-0.15, -0.1) is 11.3 Å². The zero-order valence-corrected chi connectivity index (χ0v) is 14.6. The second kappa shape index (κ2) is 6.59. The van der Waals surface area contributed by atoms with E-state index >= 15 is 0 Å².